The highest BCUT2D eigenvalue weighted by Crippen LogP contribution is 2.24. The molecule has 1 aromatic carbocycles. The SMILES string of the molecule is Cc1ccc(N)cc1N(C)CC1CCN(C)C1. The number of rotatable bonds is 3. The molecule has 1 atom stereocenters. The summed E-state index contributed by atoms with van der Waals surface area (Å²) in [4.78, 5) is 4.75. The van der Waals surface area contributed by atoms with E-state index in [9.17, 15) is 0 Å². The van der Waals surface area contributed by atoms with E-state index in [1.165, 1.54) is 30.8 Å². The van der Waals surface area contributed by atoms with Crippen molar-refractivity contribution in [1.29, 1.82) is 0 Å². The number of nitrogens with zero attached hydrogens (tertiary/aromatic N) is 2. The molecule has 94 valence electrons. The topological polar surface area (TPSA) is 32.5 Å². The summed E-state index contributed by atoms with van der Waals surface area (Å²) in [5, 5.41) is 0. The zero-order valence-corrected chi connectivity index (χ0v) is 11.1. The van der Waals surface area contributed by atoms with Crippen LogP contribution in [0.3, 0.4) is 0 Å². The van der Waals surface area contributed by atoms with Crippen LogP contribution in [0.1, 0.15) is 12.0 Å². The van der Waals surface area contributed by atoms with Gasteiger partial charge in [0.1, 0.15) is 0 Å². The Balaban J connectivity index is 2.04. The normalized spacial score (nSPS) is 20.8. The molecule has 3 nitrogen and oxygen atoms in total. The van der Waals surface area contributed by atoms with Gasteiger partial charge in [-0.2, -0.15) is 0 Å². The summed E-state index contributed by atoms with van der Waals surface area (Å²) in [5.41, 5.74) is 9.27. The second kappa shape index (κ2) is 4.96. The third-order valence-corrected chi connectivity index (χ3v) is 3.67. The van der Waals surface area contributed by atoms with E-state index in [-0.39, 0.29) is 0 Å². The van der Waals surface area contributed by atoms with Crippen LogP contribution in [0.4, 0.5) is 11.4 Å². The van der Waals surface area contributed by atoms with Crippen molar-refractivity contribution in [2.24, 2.45) is 5.92 Å². The van der Waals surface area contributed by atoms with E-state index in [1.807, 2.05) is 6.07 Å². The Hall–Kier alpha value is -1.22. The van der Waals surface area contributed by atoms with Crippen molar-refractivity contribution in [3.63, 3.8) is 0 Å². The number of nitrogen functional groups attached to an aromatic ring is 1. The number of nitrogens with two attached hydrogens (primary N) is 1. The average Bonchev–Trinajstić information content (AvgIpc) is 2.67. The molecule has 0 aliphatic carbocycles. The molecule has 1 heterocycles. The molecule has 3 heteroatoms. The Bertz CT molecular complexity index is 389. The number of anilines is 2. The van der Waals surface area contributed by atoms with Gasteiger partial charge in [0.15, 0.2) is 0 Å². The van der Waals surface area contributed by atoms with Crippen LogP contribution in [-0.4, -0.2) is 38.6 Å². The smallest absolute Gasteiger partial charge is 0.0414 e. The molecule has 2 rings (SSSR count). The second-order valence-corrected chi connectivity index (χ2v) is 5.34. The predicted molar refractivity (Wildman–Crippen MR) is 74.5 cm³/mol. The quantitative estimate of drug-likeness (QED) is 0.810. The van der Waals surface area contributed by atoms with Crippen LogP contribution >= 0.6 is 0 Å². The number of likely N-dealkylation sites (tertiary alicyclic amines) is 1. The maximum absolute atomic E-state index is 5.86. The lowest BCUT2D eigenvalue weighted by atomic mass is 10.1. The highest BCUT2D eigenvalue weighted by atomic mass is 15.2. The van der Waals surface area contributed by atoms with Gasteiger partial charge < -0.3 is 15.5 Å². The van der Waals surface area contributed by atoms with Crippen molar-refractivity contribution in [3.05, 3.63) is 23.8 Å². The van der Waals surface area contributed by atoms with Crippen molar-refractivity contribution in [3.8, 4) is 0 Å². The molecule has 0 radical (unpaired) electrons. The molecular formula is C14H23N3. The van der Waals surface area contributed by atoms with Gasteiger partial charge in [-0.1, -0.05) is 6.07 Å². The Morgan fingerprint density at radius 2 is 2.24 bits per heavy atom. The van der Waals surface area contributed by atoms with Crippen LogP contribution in [0, 0.1) is 12.8 Å². The fourth-order valence-electron chi connectivity index (χ4n) is 2.70. The number of benzene rings is 1. The number of hydrogen-bond acceptors (Lipinski definition) is 3. The van der Waals surface area contributed by atoms with Gasteiger partial charge in [0.05, 0.1) is 0 Å². The minimum Gasteiger partial charge on any atom is -0.399 e. The number of aryl methyl sites for hydroxylation is 1. The molecule has 0 spiro atoms. The lowest BCUT2D eigenvalue weighted by Crippen LogP contribution is -2.27. The minimum atomic E-state index is 0.783. The molecule has 1 unspecified atom stereocenters. The van der Waals surface area contributed by atoms with E-state index in [2.05, 4.69) is 43.0 Å². The van der Waals surface area contributed by atoms with Gasteiger partial charge in [0.2, 0.25) is 0 Å². The average molecular weight is 233 g/mol. The lowest BCUT2D eigenvalue weighted by Gasteiger charge is -2.25. The maximum Gasteiger partial charge on any atom is 0.0414 e. The lowest BCUT2D eigenvalue weighted by molar-refractivity contribution is 0.396. The van der Waals surface area contributed by atoms with Crippen LogP contribution in [0.5, 0.6) is 0 Å². The predicted octanol–water partition coefficient (Wildman–Crippen LogP) is 1.97. The largest absolute Gasteiger partial charge is 0.399 e. The van der Waals surface area contributed by atoms with Crippen molar-refractivity contribution >= 4 is 11.4 Å². The van der Waals surface area contributed by atoms with Gasteiger partial charge in [0, 0.05) is 31.5 Å². The van der Waals surface area contributed by atoms with E-state index in [1.54, 1.807) is 0 Å². The highest BCUT2D eigenvalue weighted by Gasteiger charge is 2.21. The molecule has 0 aromatic heterocycles. The molecule has 0 bridgehead atoms. The van der Waals surface area contributed by atoms with E-state index in [0.717, 1.165) is 18.2 Å². The first kappa shape index (κ1) is 12.2. The summed E-state index contributed by atoms with van der Waals surface area (Å²) in [6, 6.07) is 6.14. The third-order valence-electron chi connectivity index (χ3n) is 3.67. The first-order valence-corrected chi connectivity index (χ1v) is 6.32. The maximum atomic E-state index is 5.86. The van der Waals surface area contributed by atoms with Crippen LogP contribution in [0.2, 0.25) is 0 Å². The standard InChI is InChI=1S/C14H23N3/c1-11-4-5-13(15)8-14(11)17(3)10-12-6-7-16(2)9-12/h4-5,8,12H,6-7,9-10,15H2,1-3H3. The Labute approximate surface area is 104 Å². The summed E-state index contributed by atoms with van der Waals surface area (Å²) < 4.78 is 0. The second-order valence-electron chi connectivity index (χ2n) is 5.34. The van der Waals surface area contributed by atoms with E-state index >= 15 is 0 Å². The van der Waals surface area contributed by atoms with Gasteiger partial charge in [-0.15, -0.1) is 0 Å². The van der Waals surface area contributed by atoms with Gasteiger partial charge in [-0.3, -0.25) is 0 Å². The highest BCUT2D eigenvalue weighted by molar-refractivity contribution is 5.60. The monoisotopic (exact) mass is 233 g/mol. The summed E-state index contributed by atoms with van der Waals surface area (Å²) >= 11 is 0. The van der Waals surface area contributed by atoms with Crippen molar-refractivity contribution in [2.75, 3.05) is 44.4 Å². The Kier molecular flexibility index (Phi) is 3.57. The molecule has 1 fully saturated rings. The van der Waals surface area contributed by atoms with Gasteiger partial charge in [-0.05, 0) is 50.6 Å². The summed E-state index contributed by atoms with van der Waals surface area (Å²) in [7, 11) is 4.37. The van der Waals surface area contributed by atoms with Crippen molar-refractivity contribution < 1.29 is 0 Å². The fraction of sp³-hybridized carbons (Fsp3) is 0.571. The van der Waals surface area contributed by atoms with Crippen LogP contribution in [0.15, 0.2) is 18.2 Å². The van der Waals surface area contributed by atoms with Crippen LogP contribution in [-0.2, 0) is 0 Å². The summed E-state index contributed by atoms with van der Waals surface area (Å²) in [6.45, 7) is 5.71. The molecule has 0 saturated carbocycles. The molecule has 1 aliphatic rings. The van der Waals surface area contributed by atoms with Gasteiger partial charge in [-0.25, -0.2) is 0 Å². The molecule has 17 heavy (non-hydrogen) atoms. The zero-order valence-electron chi connectivity index (χ0n) is 11.1. The first-order chi connectivity index (χ1) is 8.06. The van der Waals surface area contributed by atoms with Crippen LogP contribution in [0.25, 0.3) is 0 Å². The van der Waals surface area contributed by atoms with Gasteiger partial charge in [0.25, 0.3) is 0 Å². The Morgan fingerprint density at radius 1 is 1.47 bits per heavy atom. The Morgan fingerprint density at radius 3 is 2.88 bits per heavy atom. The van der Waals surface area contributed by atoms with Crippen molar-refractivity contribution in [1.82, 2.24) is 4.90 Å². The van der Waals surface area contributed by atoms with Gasteiger partial charge >= 0.3 is 0 Å². The van der Waals surface area contributed by atoms with Crippen LogP contribution < -0.4 is 10.6 Å². The van der Waals surface area contributed by atoms with E-state index in [0.29, 0.717) is 0 Å². The fourth-order valence-corrected chi connectivity index (χ4v) is 2.70. The molecule has 1 aliphatic heterocycles. The van der Waals surface area contributed by atoms with Crippen molar-refractivity contribution in [2.45, 2.75) is 13.3 Å². The summed E-state index contributed by atoms with van der Waals surface area (Å²) in [5.74, 6) is 0.783. The third kappa shape index (κ3) is 2.91. The summed E-state index contributed by atoms with van der Waals surface area (Å²) in [6.07, 6.45) is 1.31. The number of hydrogen-bond donors (Lipinski definition) is 1. The van der Waals surface area contributed by atoms with E-state index < -0.39 is 0 Å². The molecule has 1 saturated heterocycles. The first-order valence-electron chi connectivity index (χ1n) is 6.32. The zero-order chi connectivity index (χ0) is 12.4. The molecular weight excluding hydrogens is 210 g/mol. The minimum absolute atomic E-state index is 0.783. The van der Waals surface area contributed by atoms with E-state index in [4.69, 9.17) is 5.73 Å². The molecule has 2 N–H and O–H groups in total. The molecule has 0 amide bonds. The molecule has 1 aromatic rings.